The van der Waals surface area contributed by atoms with E-state index >= 15 is 0 Å². The number of nitrogens with zero attached hydrogens (tertiary/aromatic N) is 1. The Morgan fingerprint density at radius 1 is 1.28 bits per heavy atom. The number of hydrogen-bond donors (Lipinski definition) is 1. The van der Waals surface area contributed by atoms with Crippen LogP contribution < -0.4 is 0 Å². The molecule has 2 aliphatic heterocycles. The summed E-state index contributed by atoms with van der Waals surface area (Å²) in [7, 11) is 0. The van der Waals surface area contributed by atoms with Crippen LogP contribution in [0.15, 0.2) is 24.3 Å². The third-order valence-corrected chi connectivity index (χ3v) is 7.96. The molecular formula is C22H31NO4S2. The topological polar surface area (TPSA) is 66.8 Å². The second-order valence-corrected chi connectivity index (χ2v) is 10.1. The summed E-state index contributed by atoms with van der Waals surface area (Å²) in [6.07, 6.45) is 5.21. The average Bonchev–Trinajstić information content (AvgIpc) is 3.07. The first-order valence-electron chi connectivity index (χ1n) is 10.5. The number of hydrogen-bond acceptors (Lipinski definition) is 6. The lowest BCUT2D eigenvalue weighted by molar-refractivity contribution is -0.128. The van der Waals surface area contributed by atoms with Crippen molar-refractivity contribution in [1.82, 2.24) is 4.90 Å². The summed E-state index contributed by atoms with van der Waals surface area (Å²) in [6, 6.07) is 7.59. The van der Waals surface area contributed by atoms with Gasteiger partial charge in [-0.05, 0) is 74.7 Å². The van der Waals surface area contributed by atoms with E-state index in [1.165, 1.54) is 5.56 Å². The molecule has 0 aliphatic carbocycles. The van der Waals surface area contributed by atoms with Gasteiger partial charge < -0.3 is 14.7 Å². The smallest absolute Gasteiger partial charge is 0.338 e. The van der Waals surface area contributed by atoms with Crippen LogP contribution in [0, 0.1) is 0 Å². The summed E-state index contributed by atoms with van der Waals surface area (Å²) in [5.74, 6) is 2.49. The average molecular weight is 438 g/mol. The molecule has 7 heteroatoms. The first-order chi connectivity index (χ1) is 14.0. The molecule has 1 amide bonds. The molecule has 160 valence electrons. The Hall–Kier alpha value is -1.18. The number of aliphatic hydroxyl groups is 1. The standard InChI is InChI=1S/C22H31NO4S2/c1-2-27-21(25)18-8-6-17(7-9-18)4-3-5-20-23(19(24)16-29-20)13-10-22(26)11-14-28-15-12-22/h6-9,20,26H,2-5,10-16H2,1H3. The van der Waals surface area contributed by atoms with Gasteiger partial charge in [0.15, 0.2) is 0 Å². The first kappa shape index (κ1) is 22.5. The van der Waals surface area contributed by atoms with Gasteiger partial charge in [0.25, 0.3) is 0 Å². The number of rotatable bonds is 9. The molecule has 1 N–H and O–H groups in total. The molecule has 0 radical (unpaired) electrons. The highest BCUT2D eigenvalue weighted by Gasteiger charge is 2.35. The lowest BCUT2D eigenvalue weighted by Gasteiger charge is -2.34. The maximum atomic E-state index is 12.3. The van der Waals surface area contributed by atoms with Crippen molar-refractivity contribution in [2.24, 2.45) is 0 Å². The van der Waals surface area contributed by atoms with Crippen LogP contribution in [-0.4, -0.2) is 63.3 Å². The summed E-state index contributed by atoms with van der Waals surface area (Å²) in [4.78, 5) is 26.0. The maximum Gasteiger partial charge on any atom is 0.338 e. The molecule has 3 rings (SSSR count). The van der Waals surface area contributed by atoms with Gasteiger partial charge in [0.05, 0.1) is 28.9 Å². The molecular weight excluding hydrogens is 406 g/mol. The molecule has 1 aromatic carbocycles. The number of benzene rings is 1. The minimum Gasteiger partial charge on any atom is -0.462 e. The number of ether oxygens (including phenoxy) is 1. The van der Waals surface area contributed by atoms with Gasteiger partial charge in [-0.3, -0.25) is 4.79 Å². The van der Waals surface area contributed by atoms with Gasteiger partial charge >= 0.3 is 5.97 Å². The zero-order valence-electron chi connectivity index (χ0n) is 17.1. The quantitative estimate of drug-likeness (QED) is 0.594. The van der Waals surface area contributed by atoms with Gasteiger partial charge in [-0.2, -0.15) is 11.8 Å². The van der Waals surface area contributed by atoms with E-state index in [4.69, 9.17) is 4.74 Å². The molecule has 0 bridgehead atoms. The van der Waals surface area contributed by atoms with Gasteiger partial charge in [-0.15, -0.1) is 11.8 Å². The first-order valence-corrected chi connectivity index (χ1v) is 12.7. The fraction of sp³-hybridized carbons (Fsp3) is 0.636. The minimum absolute atomic E-state index is 0.201. The normalized spacial score (nSPS) is 21.4. The Labute approximate surface area is 181 Å². The van der Waals surface area contributed by atoms with Crippen molar-refractivity contribution in [3.63, 3.8) is 0 Å². The summed E-state index contributed by atoms with van der Waals surface area (Å²) in [5.41, 5.74) is 1.18. The molecule has 5 nitrogen and oxygen atoms in total. The Bertz CT molecular complexity index is 689. The van der Waals surface area contributed by atoms with E-state index in [1.54, 1.807) is 18.7 Å². The summed E-state index contributed by atoms with van der Waals surface area (Å²) >= 11 is 3.62. The Balaban J connectivity index is 1.45. The van der Waals surface area contributed by atoms with Gasteiger partial charge in [0, 0.05) is 6.54 Å². The Morgan fingerprint density at radius 3 is 2.69 bits per heavy atom. The third-order valence-electron chi connectivity index (χ3n) is 5.69. The number of esters is 1. The van der Waals surface area contributed by atoms with Crippen LogP contribution in [-0.2, 0) is 16.0 Å². The van der Waals surface area contributed by atoms with Gasteiger partial charge in [0.1, 0.15) is 0 Å². The largest absolute Gasteiger partial charge is 0.462 e. The van der Waals surface area contributed by atoms with E-state index < -0.39 is 5.60 Å². The van der Waals surface area contributed by atoms with Crippen molar-refractivity contribution >= 4 is 35.4 Å². The molecule has 2 heterocycles. The van der Waals surface area contributed by atoms with Crippen LogP contribution in [0.25, 0.3) is 0 Å². The minimum atomic E-state index is -0.593. The SMILES string of the molecule is CCOC(=O)c1ccc(CCCC2SCC(=O)N2CCC2(O)CCSCC2)cc1. The van der Waals surface area contributed by atoms with Crippen LogP contribution in [0.2, 0.25) is 0 Å². The van der Waals surface area contributed by atoms with E-state index in [1.807, 2.05) is 40.9 Å². The number of aryl methyl sites for hydroxylation is 1. The predicted octanol–water partition coefficient (Wildman–Crippen LogP) is 3.74. The van der Waals surface area contributed by atoms with Crippen LogP contribution >= 0.6 is 23.5 Å². The molecule has 2 saturated heterocycles. The van der Waals surface area contributed by atoms with Crippen molar-refractivity contribution in [1.29, 1.82) is 0 Å². The molecule has 0 spiro atoms. The second-order valence-electron chi connectivity index (χ2n) is 7.75. The molecule has 1 unspecified atom stereocenters. The zero-order valence-corrected chi connectivity index (χ0v) is 18.7. The molecule has 2 aliphatic rings. The van der Waals surface area contributed by atoms with E-state index in [9.17, 15) is 14.7 Å². The van der Waals surface area contributed by atoms with E-state index in [2.05, 4.69) is 0 Å². The third kappa shape index (κ3) is 6.40. The molecule has 0 aromatic heterocycles. The van der Waals surface area contributed by atoms with Crippen molar-refractivity contribution in [3.05, 3.63) is 35.4 Å². The fourth-order valence-corrected chi connectivity index (χ4v) is 6.33. The van der Waals surface area contributed by atoms with Crippen molar-refractivity contribution < 1.29 is 19.4 Å². The fourth-order valence-electron chi connectivity index (χ4n) is 3.84. The number of thioether (sulfide) groups is 2. The highest BCUT2D eigenvalue weighted by atomic mass is 32.2. The molecule has 1 aromatic rings. The van der Waals surface area contributed by atoms with Gasteiger partial charge in [0.2, 0.25) is 5.91 Å². The maximum absolute atomic E-state index is 12.3. The Morgan fingerprint density at radius 2 is 2.00 bits per heavy atom. The molecule has 0 saturated carbocycles. The van der Waals surface area contributed by atoms with E-state index in [-0.39, 0.29) is 17.3 Å². The molecule has 2 fully saturated rings. The molecule has 29 heavy (non-hydrogen) atoms. The van der Waals surface area contributed by atoms with Crippen molar-refractivity contribution in [2.45, 2.75) is 56.4 Å². The number of carbonyl (C=O) groups excluding carboxylic acids is 2. The van der Waals surface area contributed by atoms with Crippen LogP contribution in [0.3, 0.4) is 0 Å². The summed E-state index contributed by atoms with van der Waals surface area (Å²) in [5, 5.41) is 10.9. The highest BCUT2D eigenvalue weighted by Crippen LogP contribution is 2.33. The van der Waals surface area contributed by atoms with E-state index in [0.29, 0.717) is 30.9 Å². The highest BCUT2D eigenvalue weighted by molar-refractivity contribution is 8.01. The van der Waals surface area contributed by atoms with Crippen LogP contribution in [0.1, 0.15) is 54.9 Å². The summed E-state index contributed by atoms with van der Waals surface area (Å²) < 4.78 is 5.01. The zero-order chi connectivity index (χ0) is 20.7. The van der Waals surface area contributed by atoms with Gasteiger partial charge in [-0.1, -0.05) is 12.1 Å². The lowest BCUT2D eigenvalue weighted by Crippen LogP contribution is -2.41. The Kier molecular flexibility index (Phi) is 8.33. The lowest BCUT2D eigenvalue weighted by atomic mass is 9.92. The van der Waals surface area contributed by atoms with Crippen molar-refractivity contribution in [3.8, 4) is 0 Å². The number of amides is 1. The second kappa shape index (κ2) is 10.7. The van der Waals surface area contributed by atoms with Crippen LogP contribution in [0.5, 0.6) is 0 Å². The van der Waals surface area contributed by atoms with Gasteiger partial charge in [-0.25, -0.2) is 4.79 Å². The predicted molar refractivity (Wildman–Crippen MR) is 119 cm³/mol. The summed E-state index contributed by atoms with van der Waals surface area (Å²) in [6.45, 7) is 2.84. The van der Waals surface area contributed by atoms with Crippen LogP contribution in [0.4, 0.5) is 0 Å². The number of carbonyl (C=O) groups is 2. The van der Waals surface area contributed by atoms with Crippen molar-refractivity contribution in [2.75, 3.05) is 30.4 Å². The van der Waals surface area contributed by atoms with E-state index in [0.717, 1.165) is 43.6 Å². The molecule has 1 atom stereocenters. The monoisotopic (exact) mass is 437 g/mol.